The molecule has 0 unspecified atom stereocenters. The van der Waals surface area contributed by atoms with E-state index in [2.05, 4.69) is 25.9 Å². The van der Waals surface area contributed by atoms with Gasteiger partial charge < -0.3 is 25.8 Å². The molecule has 1 aliphatic carbocycles. The number of para-hydroxylation sites is 1. The average Bonchev–Trinajstić information content (AvgIpc) is 3.48. The highest BCUT2D eigenvalue weighted by Gasteiger charge is 2.26. The lowest BCUT2D eigenvalue weighted by Gasteiger charge is -2.29. The summed E-state index contributed by atoms with van der Waals surface area (Å²) in [5.41, 5.74) is 3.45. The van der Waals surface area contributed by atoms with Crippen molar-refractivity contribution in [2.75, 3.05) is 7.05 Å². The van der Waals surface area contributed by atoms with Gasteiger partial charge in [-0.2, -0.15) is 0 Å². The Balaban J connectivity index is 1.09. The van der Waals surface area contributed by atoms with Crippen molar-refractivity contribution >= 4 is 33.4 Å². The second-order valence-corrected chi connectivity index (χ2v) is 12.0. The molecule has 45 heavy (non-hydrogen) atoms. The molecule has 1 fully saturated rings. The molecule has 0 radical (unpaired) electrons. The maximum atomic E-state index is 14.3. The minimum absolute atomic E-state index is 0.00725. The van der Waals surface area contributed by atoms with Gasteiger partial charge in [0, 0.05) is 18.6 Å². The third-order valence-corrected chi connectivity index (χ3v) is 8.80. The number of hydrogen-bond donors (Lipinski definition) is 4. The number of carbonyl (C=O) groups excluding carboxylic acids is 2. The highest BCUT2D eigenvalue weighted by Crippen LogP contribution is 2.32. The topological polar surface area (TPSA) is 125 Å². The Morgan fingerprint density at radius 3 is 2.47 bits per heavy atom. The Labute approximate surface area is 263 Å². The van der Waals surface area contributed by atoms with Gasteiger partial charge in [-0.05, 0) is 91.9 Å². The van der Waals surface area contributed by atoms with Gasteiger partial charge in [-0.3, -0.25) is 9.59 Å². The van der Waals surface area contributed by atoms with Crippen LogP contribution >= 0.6 is 11.3 Å². The van der Waals surface area contributed by atoms with Gasteiger partial charge >= 0.3 is 0 Å². The van der Waals surface area contributed by atoms with Crippen LogP contribution in [0, 0.1) is 5.82 Å². The van der Waals surface area contributed by atoms with Crippen molar-refractivity contribution < 1.29 is 23.8 Å². The standard InChI is InChI=1S/C34H32FN5O4S/c1-36-18-21-15-25(41)13-14-27(21)20-5-4-6-26(16-20)44-33-28(17-22(35)19-37-33)31(42)38-23-9-11-24(12-10-23)39-32(43)34-40-29-7-2-3-8-30(29)45-34/h2-8,13-17,19,23-24,36,41H,9-12,18H2,1H3,(H,38,42)(H,39,43). The van der Waals surface area contributed by atoms with Gasteiger partial charge in [-0.25, -0.2) is 14.4 Å². The SMILES string of the molecule is CNCc1cc(O)ccc1-c1cccc(Oc2ncc(F)cc2C(=O)NC2CCC(NC(=O)c3nc4ccccc4s3)CC2)c1. The molecule has 1 aliphatic rings. The smallest absolute Gasteiger partial charge is 0.280 e. The van der Waals surface area contributed by atoms with Crippen molar-refractivity contribution in [1.29, 1.82) is 0 Å². The molecular weight excluding hydrogens is 593 g/mol. The Kier molecular flexibility index (Phi) is 8.99. The van der Waals surface area contributed by atoms with E-state index in [0.29, 0.717) is 43.0 Å². The predicted molar refractivity (Wildman–Crippen MR) is 171 cm³/mol. The molecule has 0 saturated heterocycles. The van der Waals surface area contributed by atoms with E-state index in [1.807, 2.05) is 55.6 Å². The molecule has 1 saturated carbocycles. The molecular formula is C34H32FN5O4S. The lowest BCUT2D eigenvalue weighted by Crippen LogP contribution is -2.43. The average molecular weight is 626 g/mol. The second-order valence-electron chi connectivity index (χ2n) is 11.0. The summed E-state index contributed by atoms with van der Waals surface area (Å²) in [5.74, 6) is -0.736. The van der Waals surface area contributed by atoms with Gasteiger partial charge in [0.2, 0.25) is 5.88 Å². The summed E-state index contributed by atoms with van der Waals surface area (Å²) < 4.78 is 21.3. The van der Waals surface area contributed by atoms with Crippen LogP contribution in [0.4, 0.5) is 4.39 Å². The van der Waals surface area contributed by atoms with Crippen LogP contribution in [0.25, 0.3) is 21.3 Å². The van der Waals surface area contributed by atoms with E-state index in [1.54, 1.807) is 18.2 Å². The van der Waals surface area contributed by atoms with E-state index in [4.69, 9.17) is 4.74 Å². The summed E-state index contributed by atoms with van der Waals surface area (Å²) in [6, 6.07) is 21.0. The largest absolute Gasteiger partial charge is 0.508 e. The minimum atomic E-state index is -0.650. The van der Waals surface area contributed by atoms with Crippen LogP contribution in [-0.2, 0) is 6.54 Å². The number of aromatic nitrogens is 2. The number of benzene rings is 3. The molecule has 2 amide bonds. The molecule has 11 heteroatoms. The van der Waals surface area contributed by atoms with Gasteiger partial charge in [0.25, 0.3) is 11.8 Å². The van der Waals surface area contributed by atoms with Crippen molar-refractivity contribution in [2.24, 2.45) is 0 Å². The number of pyridine rings is 1. The lowest BCUT2D eigenvalue weighted by molar-refractivity contribution is 0.0890. The number of phenols is 1. The summed E-state index contributed by atoms with van der Waals surface area (Å²) in [6.07, 6.45) is 3.69. The van der Waals surface area contributed by atoms with Crippen LogP contribution in [0.1, 0.15) is 51.4 Å². The van der Waals surface area contributed by atoms with E-state index in [0.717, 1.165) is 39.2 Å². The van der Waals surface area contributed by atoms with Crippen molar-refractivity contribution in [3.05, 3.63) is 101 Å². The van der Waals surface area contributed by atoms with Crippen LogP contribution in [0.3, 0.4) is 0 Å². The lowest BCUT2D eigenvalue weighted by atomic mass is 9.91. The number of amides is 2. The molecule has 0 atom stereocenters. The van der Waals surface area contributed by atoms with Gasteiger partial charge in [0.05, 0.1) is 16.4 Å². The molecule has 230 valence electrons. The van der Waals surface area contributed by atoms with Crippen LogP contribution in [-0.4, -0.2) is 46.0 Å². The molecule has 2 aromatic heterocycles. The number of halogens is 1. The van der Waals surface area contributed by atoms with Gasteiger partial charge in [0.1, 0.15) is 22.9 Å². The van der Waals surface area contributed by atoms with Crippen LogP contribution in [0.5, 0.6) is 17.4 Å². The molecule has 0 spiro atoms. The molecule has 3 aromatic carbocycles. The zero-order valence-electron chi connectivity index (χ0n) is 24.5. The first-order valence-corrected chi connectivity index (χ1v) is 15.6. The van der Waals surface area contributed by atoms with Crippen LogP contribution < -0.4 is 20.7 Å². The summed E-state index contributed by atoms with van der Waals surface area (Å²) >= 11 is 1.37. The van der Waals surface area contributed by atoms with Gasteiger partial charge in [-0.1, -0.05) is 30.3 Å². The maximum absolute atomic E-state index is 14.3. The number of ether oxygens (including phenoxy) is 1. The molecule has 0 bridgehead atoms. The molecule has 6 rings (SSSR count). The van der Waals surface area contributed by atoms with Crippen molar-refractivity contribution in [1.82, 2.24) is 25.9 Å². The number of phenolic OH excluding ortho intramolecular Hbond substituents is 1. The molecule has 5 aromatic rings. The van der Waals surface area contributed by atoms with E-state index in [9.17, 15) is 19.1 Å². The van der Waals surface area contributed by atoms with Gasteiger partial charge in [-0.15, -0.1) is 11.3 Å². The third kappa shape index (κ3) is 7.11. The molecule has 9 nitrogen and oxygen atoms in total. The van der Waals surface area contributed by atoms with E-state index >= 15 is 0 Å². The zero-order valence-corrected chi connectivity index (χ0v) is 25.4. The Morgan fingerprint density at radius 2 is 1.71 bits per heavy atom. The number of aromatic hydroxyl groups is 1. The fraction of sp³-hybridized carbons (Fsp3) is 0.235. The first-order valence-electron chi connectivity index (χ1n) is 14.7. The number of nitrogens with zero attached hydrogens (tertiary/aromatic N) is 2. The first-order chi connectivity index (χ1) is 21.9. The van der Waals surface area contributed by atoms with Crippen molar-refractivity contribution in [3.63, 3.8) is 0 Å². The third-order valence-electron chi connectivity index (χ3n) is 7.76. The van der Waals surface area contributed by atoms with E-state index < -0.39 is 11.7 Å². The highest BCUT2D eigenvalue weighted by atomic mass is 32.1. The first kappa shape index (κ1) is 30.2. The number of hydrogen-bond acceptors (Lipinski definition) is 8. The Morgan fingerprint density at radius 1 is 0.956 bits per heavy atom. The molecule has 4 N–H and O–H groups in total. The van der Waals surface area contributed by atoms with E-state index in [1.165, 1.54) is 11.3 Å². The predicted octanol–water partition coefficient (Wildman–Crippen LogP) is 6.19. The van der Waals surface area contributed by atoms with E-state index in [-0.39, 0.29) is 35.2 Å². The fourth-order valence-electron chi connectivity index (χ4n) is 5.57. The van der Waals surface area contributed by atoms with Gasteiger partial charge in [0.15, 0.2) is 5.01 Å². The summed E-state index contributed by atoms with van der Waals surface area (Å²) in [7, 11) is 1.83. The Bertz CT molecular complexity index is 1820. The maximum Gasteiger partial charge on any atom is 0.280 e. The zero-order chi connectivity index (χ0) is 31.3. The van der Waals surface area contributed by atoms with Crippen molar-refractivity contribution in [3.8, 4) is 28.5 Å². The minimum Gasteiger partial charge on any atom is -0.508 e. The highest BCUT2D eigenvalue weighted by molar-refractivity contribution is 7.20. The van der Waals surface area contributed by atoms with Crippen molar-refractivity contribution in [2.45, 2.75) is 44.3 Å². The number of rotatable bonds is 9. The molecule has 2 heterocycles. The quantitative estimate of drug-likeness (QED) is 0.154. The fourth-order valence-corrected chi connectivity index (χ4v) is 6.44. The summed E-state index contributed by atoms with van der Waals surface area (Å²) in [4.78, 5) is 34.7. The molecule has 0 aliphatic heterocycles. The summed E-state index contributed by atoms with van der Waals surface area (Å²) in [6.45, 7) is 0.552. The number of thiazole rings is 1. The number of carbonyl (C=O) groups is 2. The van der Waals surface area contributed by atoms with Crippen LogP contribution in [0.2, 0.25) is 0 Å². The number of fused-ring (bicyclic) bond motifs is 1. The second kappa shape index (κ2) is 13.4. The monoisotopic (exact) mass is 625 g/mol. The Hall–Kier alpha value is -4.87. The van der Waals surface area contributed by atoms with Crippen LogP contribution in [0.15, 0.2) is 79.0 Å². The summed E-state index contributed by atoms with van der Waals surface area (Å²) in [5, 5.41) is 19.6. The normalized spacial score (nSPS) is 16.3. The number of nitrogens with one attached hydrogen (secondary N) is 3.